The molecule has 0 saturated carbocycles. The van der Waals surface area contributed by atoms with Crippen LogP contribution in [0.25, 0.3) is 0 Å². The van der Waals surface area contributed by atoms with Crippen LogP contribution in [0.5, 0.6) is 0 Å². The summed E-state index contributed by atoms with van der Waals surface area (Å²) in [5.74, 6) is 0. The summed E-state index contributed by atoms with van der Waals surface area (Å²) in [6.45, 7) is 2.09. The van der Waals surface area contributed by atoms with E-state index in [0.717, 1.165) is 0 Å². The smallest absolute Gasteiger partial charge is 0.256 e. The SMILES string of the molecule is CCONS(=O)O. The van der Waals surface area contributed by atoms with Crippen LogP contribution in [0, 0.1) is 0 Å². The molecule has 0 saturated heterocycles. The van der Waals surface area contributed by atoms with E-state index in [1.54, 1.807) is 6.92 Å². The van der Waals surface area contributed by atoms with Crippen LogP contribution in [0.4, 0.5) is 0 Å². The minimum atomic E-state index is -2.04. The average molecular weight is 125 g/mol. The minimum Gasteiger partial charge on any atom is -0.292 e. The molecule has 0 rings (SSSR count). The fourth-order valence-electron chi connectivity index (χ4n) is 0.109. The molecule has 1 unspecified atom stereocenters. The van der Waals surface area contributed by atoms with Gasteiger partial charge in [-0.2, -0.15) is 0 Å². The summed E-state index contributed by atoms with van der Waals surface area (Å²) in [4.78, 5) is 6.12. The molecular formula is C2H7NO3S. The van der Waals surface area contributed by atoms with E-state index in [1.807, 2.05) is 4.89 Å². The van der Waals surface area contributed by atoms with E-state index in [1.165, 1.54) is 0 Å². The highest BCUT2D eigenvalue weighted by Gasteiger charge is 1.84. The van der Waals surface area contributed by atoms with Crippen molar-refractivity contribution >= 4 is 11.3 Å². The maximum absolute atomic E-state index is 9.63. The first-order chi connectivity index (χ1) is 3.27. The van der Waals surface area contributed by atoms with Crippen LogP contribution in [0.15, 0.2) is 0 Å². The maximum atomic E-state index is 9.63. The van der Waals surface area contributed by atoms with E-state index in [0.29, 0.717) is 6.61 Å². The van der Waals surface area contributed by atoms with E-state index in [4.69, 9.17) is 4.55 Å². The molecule has 0 bridgehead atoms. The van der Waals surface area contributed by atoms with Crippen molar-refractivity contribution in [1.29, 1.82) is 0 Å². The number of rotatable bonds is 3. The number of hydrogen-bond acceptors (Lipinski definition) is 2. The van der Waals surface area contributed by atoms with Gasteiger partial charge in [0, 0.05) is 0 Å². The van der Waals surface area contributed by atoms with Gasteiger partial charge in [-0.05, 0) is 6.92 Å². The Labute approximate surface area is 44.2 Å². The lowest BCUT2D eigenvalue weighted by atomic mass is 10.9. The molecule has 1 atom stereocenters. The van der Waals surface area contributed by atoms with Gasteiger partial charge in [-0.1, -0.05) is 4.89 Å². The van der Waals surface area contributed by atoms with Crippen LogP contribution < -0.4 is 4.89 Å². The summed E-state index contributed by atoms with van der Waals surface area (Å²) in [7, 11) is 0. The zero-order valence-electron chi connectivity index (χ0n) is 3.88. The summed E-state index contributed by atoms with van der Waals surface area (Å²) in [6, 6.07) is 0. The standard InChI is InChI=1S/C2H7NO3S/c1-2-6-3-7(4)5/h3H,2H2,1H3,(H,4,5). The molecule has 5 heteroatoms. The highest BCUT2D eigenvalue weighted by Crippen LogP contribution is 1.64. The maximum Gasteiger partial charge on any atom is 0.256 e. The van der Waals surface area contributed by atoms with Crippen LogP contribution >= 0.6 is 0 Å². The highest BCUT2D eigenvalue weighted by atomic mass is 32.2. The third-order valence-electron chi connectivity index (χ3n) is 0.275. The molecule has 0 fully saturated rings. The fourth-order valence-corrected chi connectivity index (χ4v) is 0.328. The van der Waals surface area contributed by atoms with Crippen molar-refractivity contribution in [2.24, 2.45) is 0 Å². The van der Waals surface area contributed by atoms with Crippen molar-refractivity contribution in [3.63, 3.8) is 0 Å². The quantitative estimate of drug-likeness (QED) is 0.401. The predicted molar refractivity (Wildman–Crippen MR) is 25.5 cm³/mol. The molecule has 0 aromatic carbocycles. The summed E-state index contributed by atoms with van der Waals surface area (Å²) in [6.07, 6.45) is 0. The van der Waals surface area contributed by atoms with E-state index in [9.17, 15) is 4.21 Å². The molecule has 0 radical (unpaired) electrons. The van der Waals surface area contributed by atoms with Gasteiger partial charge in [0.2, 0.25) is 0 Å². The number of nitrogens with one attached hydrogen (secondary N) is 1. The molecule has 2 N–H and O–H groups in total. The van der Waals surface area contributed by atoms with Gasteiger partial charge in [-0.3, -0.25) is 9.39 Å². The Morgan fingerprint density at radius 1 is 2.00 bits per heavy atom. The van der Waals surface area contributed by atoms with Gasteiger partial charge in [-0.25, -0.2) is 4.21 Å². The van der Waals surface area contributed by atoms with E-state index in [-0.39, 0.29) is 0 Å². The van der Waals surface area contributed by atoms with Crippen LogP contribution in [-0.2, 0) is 16.1 Å². The van der Waals surface area contributed by atoms with Gasteiger partial charge in [0.15, 0.2) is 0 Å². The van der Waals surface area contributed by atoms with Crippen LogP contribution in [-0.4, -0.2) is 15.4 Å². The molecular weight excluding hydrogens is 118 g/mol. The second-order valence-electron chi connectivity index (χ2n) is 0.766. The Morgan fingerprint density at radius 3 is 2.71 bits per heavy atom. The van der Waals surface area contributed by atoms with Gasteiger partial charge in [0.25, 0.3) is 11.3 Å². The zero-order chi connectivity index (χ0) is 5.70. The Hall–Kier alpha value is 0.0300. The molecule has 0 heterocycles. The average Bonchev–Trinajstić information content (AvgIpc) is 1.61. The lowest BCUT2D eigenvalue weighted by Gasteiger charge is -1.92. The molecule has 44 valence electrons. The Balaban J connectivity index is 2.82. The normalized spacial score (nSPS) is 14.0. The van der Waals surface area contributed by atoms with Gasteiger partial charge in [0.1, 0.15) is 0 Å². The molecule has 0 aliphatic heterocycles. The third kappa shape index (κ3) is 6.03. The summed E-state index contributed by atoms with van der Waals surface area (Å²) in [5.41, 5.74) is 0. The molecule has 0 amide bonds. The monoisotopic (exact) mass is 125 g/mol. The van der Waals surface area contributed by atoms with E-state index < -0.39 is 11.3 Å². The van der Waals surface area contributed by atoms with Gasteiger partial charge in [0.05, 0.1) is 6.61 Å². The van der Waals surface area contributed by atoms with Crippen LogP contribution in [0.1, 0.15) is 6.92 Å². The summed E-state index contributed by atoms with van der Waals surface area (Å²) >= 11 is -2.04. The Bertz CT molecular complexity index is 66.0. The highest BCUT2D eigenvalue weighted by molar-refractivity contribution is 7.76. The van der Waals surface area contributed by atoms with Gasteiger partial charge < -0.3 is 0 Å². The molecule has 4 nitrogen and oxygen atoms in total. The summed E-state index contributed by atoms with van der Waals surface area (Å²) < 4.78 is 17.6. The largest absolute Gasteiger partial charge is 0.292 e. The first-order valence-corrected chi connectivity index (χ1v) is 2.86. The lowest BCUT2D eigenvalue weighted by Crippen LogP contribution is -2.15. The molecule has 0 aromatic heterocycles. The lowest BCUT2D eigenvalue weighted by molar-refractivity contribution is 0.104. The van der Waals surface area contributed by atoms with Crippen molar-refractivity contribution in [3.8, 4) is 0 Å². The first-order valence-electron chi connectivity index (χ1n) is 1.75. The third-order valence-corrected chi connectivity index (χ3v) is 0.535. The minimum absolute atomic E-state index is 0.381. The second kappa shape index (κ2) is 4.20. The van der Waals surface area contributed by atoms with Gasteiger partial charge >= 0.3 is 0 Å². The fraction of sp³-hybridized carbons (Fsp3) is 1.00. The second-order valence-corrected chi connectivity index (χ2v) is 1.43. The topological polar surface area (TPSA) is 58.6 Å². The van der Waals surface area contributed by atoms with Crippen molar-refractivity contribution < 1.29 is 13.6 Å². The first kappa shape index (κ1) is 7.03. The molecule has 0 aliphatic carbocycles. The molecule has 0 aromatic rings. The summed E-state index contributed by atoms with van der Waals surface area (Å²) in [5, 5.41) is 0. The Kier molecular flexibility index (Phi) is 4.21. The van der Waals surface area contributed by atoms with Crippen LogP contribution in [0.2, 0.25) is 0 Å². The molecule has 0 aliphatic rings. The zero-order valence-corrected chi connectivity index (χ0v) is 4.70. The van der Waals surface area contributed by atoms with E-state index in [2.05, 4.69) is 4.84 Å². The van der Waals surface area contributed by atoms with Crippen LogP contribution in [0.3, 0.4) is 0 Å². The molecule has 0 spiro atoms. The molecule has 7 heavy (non-hydrogen) atoms. The number of hydrogen-bond donors (Lipinski definition) is 2. The van der Waals surface area contributed by atoms with Crippen molar-refractivity contribution in [2.45, 2.75) is 6.92 Å². The Morgan fingerprint density at radius 2 is 2.57 bits per heavy atom. The van der Waals surface area contributed by atoms with Gasteiger partial charge in [-0.15, -0.1) is 0 Å². The van der Waals surface area contributed by atoms with Crippen molar-refractivity contribution in [3.05, 3.63) is 0 Å². The van der Waals surface area contributed by atoms with E-state index >= 15 is 0 Å². The predicted octanol–water partition coefficient (Wildman–Crippen LogP) is -0.336. The van der Waals surface area contributed by atoms with Crippen molar-refractivity contribution in [1.82, 2.24) is 4.89 Å². The van der Waals surface area contributed by atoms with Crippen molar-refractivity contribution in [2.75, 3.05) is 6.61 Å².